The number of nitrogen functional groups attached to an aromatic ring is 1. The molecule has 1 aliphatic rings. The van der Waals surface area contributed by atoms with Gasteiger partial charge in [0.05, 0.1) is 6.20 Å². The first-order valence-corrected chi connectivity index (χ1v) is 6.43. The van der Waals surface area contributed by atoms with Crippen molar-refractivity contribution in [3.63, 3.8) is 0 Å². The van der Waals surface area contributed by atoms with Crippen LogP contribution in [-0.2, 0) is 0 Å². The summed E-state index contributed by atoms with van der Waals surface area (Å²) in [5.41, 5.74) is 3.58. The maximum Gasteiger partial charge on any atom is 0.191 e. The maximum atomic E-state index is 5.86. The third kappa shape index (κ3) is 2.24. The molecule has 0 radical (unpaired) electrons. The number of nitrogens with zero attached hydrogens (tertiary/aromatic N) is 3. The zero-order valence-corrected chi connectivity index (χ0v) is 10.4. The lowest BCUT2D eigenvalue weighted by atomic mass is 10.3. The molecular formula is C10H10ClN5S. The Labute approximate surface area is 107 Å². The molecule has 0 atom stereocenters. The summed E-state index contributed by atoms with van der Waals surface area (Å²) in [7, 11) is 0. The third-order valence-electron chi connectivity index (χ3n) is 2.56. The standard InChI is InChI=1S/C10H10ClN5S/c11-7-4-13-10(17-7)9-14-6(5-1-2-5)3-8(15-9)16-12/h3-5H,1-2,12H2,(H,14,15,16). The zero-order valence-electron chi connectivity index (χ0n) is 8.85. The second kappa shape index (κ2) is 4.21. The first-order chi connectivity index (χ1) is 8.26. The van der Waals surface area contributed by atoms with Crippen LogP contribution in [0.25, 0.3) is 10.8 Å². The van der Waals surface area contributed by atoms with Crippen LogP contribution in [0.3, 0.4) is 0 Å². The number of thiazole rings is 1. The summed E-state index contributed by atoms with van der Waals surface area (Å²) in [6.45, 7) is 0. The average Bonchev–Trinajstić information content (AvgIpc) is 3.11. The summed E-state index contributed by atoms with van der Waals surface area (Å²) >= 11 is 7.22. The maximum absolute atomic E-state index is 5.86. The molecule has 88 valence electrons. The first-order valence-electron chi connectivity index (χ1n) is 5.23. The Morgan fingerprint density at radius 3 is 2.82 bits per heavy atom. The number of hydrogen-bond acceptors (Lipinski definition) is 6. The Balaban J connectivity index is 2.05. The predicted molar refractivity (Wildman–Crippen MR) is 67.9 cm³/mol. The number of hydrazine groups is 1. The van der Waals surface area contributed by atoms with Crippen LogP contribution in [0.2, 0.25) is 4.34 Å². The van der Waals surface area contributed by atoms with Gasteiger partial charge >= 0.3 is 0 Å². The molecule has 2 aromatic rings. The van der Waals surface area contributed by atoms with Gasteiger partial charge in [-0.2, -0.15) is 0 Å². The molecule has 0 unspecified atom stereocenters. The molecule has 3 rings (SSSR count). The van der Waals surface area contributed by atoms with Gasteiger partial charge in [-0.1, -0.05) is 22.9 Å². The minimum atomic E-state index is 0.541. The lowest BCUT2D eigenvalue weighted by Crippen LogP contribution is -2.10. The molecule has 3 N–H and O–H groups in total. The van der Waals surface area contributed by atoms with Crippen LogP contribution >= 0.6 is 22.9 Å². The highest BCUT2D eigenvalue weighted by atomic mass is 35.5. The molecule has 0 aliphatic heterocycles. The highest BCUT2D eigenvalue weighted by molar-refractivity contribution is 7.18. The molecule has 0 amide bonds. The lowest BCUT2D eigenvalue weighted by molar-refractivity contribution is 0.989. The third-order valence-corrected chi connectivity index (χ3v) is 3.67. The summed E-state index contributed by atoms with van der Waals surface area (Å²) in [6.07, 6.45) is 3.96. The topological polar surface area (TPSA) is 76.7 Å². The summed E-state index contributed by atoms with van der Waals surface area (Å²) in [4.78, 5) is 13.0. The van der Waals surface area contributed by atoms with E-state index in [9.17, 15) is 0 Å². The molecule has 1 fully saturated rings. The van der Waals surface area contributed by atoms with Crippen LogP contribution in [0.5, 0.6) is 0 Å². The van der Waals surface area contributed by atoms with Crippen LogP contribution in [0.15, 0.2) is 12.3 Å². The van der Waals surface area contributed by atoms with Gasteiger partial charge in [-0.05, 0) is 12.8 Å². The van der Waals surface area contributed by atoms with Gasteiger partial charge in [0.1, 0.15) is 10.2 Å². The lowest BCUT2D eigenvalue weighted by Gasteiger charge is -2.04. The second-order valence-corrected chi connectivity index (χ2v) is 5.55. The molecule has 7 heteroatoms. The molecule has 0 spiro atoms. The second-order valence-electron chi connectivity index (χ2n) is 3.89. The number of anilines is 1. The van der Waals surface area contributed by atoms with Crippen LogP contribution in [0.4, 0.5) is 5.82 Å². The van der Waals surface area contributed by atoms with E-state index in [-0.39, 0.29) is 0 Å². The summed E-state index contributed by atoms with van der Waals surface area (Å²) in [6, 6.07) is 1.89. The first kappa shape index (κ1) is 10.9. The Kier molecular flexibility index (Phi) is 2.70. The van der Waals surface area contributed by atoms with E-state index in [1.165, 1.54) is 24.2 Å². The van der Waals surface area contributed by atoms with E-state index in [0.29, 0.717) is 26.9 Å². The van der Waals surface area contributed by atoms with Crippen molar-refractivity contribution in [2.24, 2.45) is 5.84 Å². The summed E-state index contributed by atoms with van der Waals surface area (Å²) < 4.78 is 0.627. The van der Waals surface area contributed by atoms with Gasteiger partial charge in [-0.3, -0.25) is 0 Å². The normalized spacial score (nSPS) is 14.9. The van der Waals surface area contributed by atoms with Gasteiger partial charge in [0.25, 0.3) is 0 Å². The monoisotopic (exact) mass is 267 g/mol. The average molecular weight is 268 g/mol. The van der Waals surface area contributed by atoms with Crippen LogP contribution in [-0.4, -0.2) is 15.0 Å². The van der Waals surface area contributed by atoms with Gasteiger partial charge in [-0.15, -0.1) is 0 Å². The number of aromatic nitrogens is 3. The van der Waals surface area contributed by atoms with Crippen LogP contribution in [0.1, 0.15) is 24.5 Å². The van der Waals surface area contributed by atoms with Crippen molar-refractivity contribution in [3.8, 4) is 10.8 Å². The van der Waals surface area contributed by atoms with E-state index in [0.717, 1.165) is 5.69 Å². The summed E-state index contributed by atoms with van der Waals surface area (Å²) in [5.74, 6) is 7.15. The van der Waals surface area contributed by atoms with Crippen molar-refractivity contribution in [1.82, 2.24) is 15.0 Å². The van der Waals surface area contributed by atoms with Crippen molar-refractivity contribution in [1.29, 1.82) is 0 Å². The minimum absolute atomic E-state index is 0.541. The fraction of sp³-hybridized carbons (Fsp3) is 0.300. The Hall–Kier alpha value is -1.24. The molecule has 0 saturated heterocycles. The van der Waals surface area contributed by atoms with Crippen LogP contribution in [0, 0.1) is 0 Å². The van der Waals surface area contributed by atoms with E-state index in [2.05, 4.69) is 20.4 Å². The molecule has 1 saturated carbocycles. The van der Waals surface area contributed by atoms with Crippen molar-refractivity contribution in [2.45, 2.75) is 18.8 Å². The fourth-order valence-electron chi connectivity index (χ4n) is 1.58. The Morgan fingerprint density at radius 2 is 2.24 bits per heavy atom. The van der Waals surface area contributed by atoms with Gasteiger partial charge in [-0.25, -0.2) is 20.8 Å². The predicted octanol–water partition coefficient (Wildman–Crippen LogP) is 2.42. The van der Waals surface area contributed by atoms with Crippen LogP contribution < -0.4 is 11.3 Å². The van der Waals surface area contributed by atoms with E-state index >= 15 is 0 Å². The quantitative estimate of drug-likeness (QED) is 0.660. The minimum Gasteiger partial charge on any atom is -0.308 e. The zero-order chi connectivity index (χ0) is 11.8. The molecule has 0 aromatic carbocycles. The summed E-state index contributed by atoms with van der Waals surface area (Å²) in [5, 5.41) is 0.717. The van der Waals surface area contributed by atoms with E-state index in [4.69, 9.17) is 17.4 Å². The van der Waals surface area contributed by atoms with E-state index in [1.807, 2.05) is 6.07 Å². The molecule has 17 heavy (non-hydrogen) atoms. The van der Waals surface area contributed by atoms with Crippen molar-refractivity contribution in [2.75, 3.05) is 5.43 Å². The highest BCUT2D eigenvalue weighted by Gasteiger charge is 2.26. The largest absolute Gasteiger partial charge is 0.308 e. The van der Waals surface area contributed by atoms with Crippen molar-refractivity contribution in [3.05, 3.63) is 22.3 Å². The van der Waals surface area contributed by atoms with Crippen molar-refractivity contribution < 1.29 is 0 Å². The Morgan fingerprint density at radius 1 is 1.41 bits per heavy atom. The Bertz CT molecular complexity index is 551. The molecule has 2 heterocycles. The fourth-order valence-corrected chi connectivity index (χ4v) is 2.43. The molecule has 1 aliphatic carbocycles. The van der Waals surface area contributed by atoms with Crippen molar-refractivity contribution >= 4 is 28.8 Å². The van der Waals surface area contributed by atoms with E-state index < -0.39 is 0 Å². The number of hydrogen-bond donors (Lipinski definition) is 2. The van der Waals surface area contributed by atoms with Gasteiger partial charge in [0.2, 0.25) is 0 Å². The SMILES string of the molecule is NNc1cc(C2CC2)nc(-c2ncc(Cl)s2)n1. The number of rotatable bonds is 3. The van der Waals surface area contributed by atoms with Gasteiger partial charge in [0.15, 0.2) is 10.8 Å². The number of nitrogens with one attached hydrogen (secondary N) is 1. The number of halogens is 1. The molecule has 2 aromatic heterocycles. The smallest absolute Gasteiger partial charge is 0.191 e. The van der Waals surface area contributed by atoms with Gasteiger partial charge < -0.3 is 5.43 Å². The molecular weight excluding hydrogens is 258 g/mol. The highest BCUT2D eigenvalue weighted by Crippen LogP contribution is 2.40. The number of nitrogens with two attached hydrogens (primary N) is 1. The molecule has 5 nitrogen and oxygen atoms in total. The van der Waals surface area contributed by atoms with Gasteiger partial charge in [0, 0.05) is 17.7 Å². The van der Waals surface area contributed by atoms with E-state index in [1.54, 1.807) is 6.20 Å². The molecule has 0 bridgehead atoms.